The van der Waals surface area contributed by atoms with Crippen molar-refractivity contribution in [3.05, 3.63) is 53.2 Å². The van der Waals surface area contributed by atoms with Crippen molar-refractivity contribution in [3.8, 4) is 5.75 Å². The van der Waals surface area contributed by atoms with Gasteiger partial charge >= 0.3 is 12.3 Å². The molecule has 9 heteroatoms. The van der Waals surface area contributed by atoms with Crippen LogP contribution in [0, 0.1) is 13.8 Å². The van der Waals surface area contributed by atoms with Gasteiger partial charge < -0.3 is 14.8 Å². The molecule has 0 amide bonds. The molecule has 0 saturated heterocycles. The Bertz CT molecular complexity index is 1070. The van der Waals surface area contributed by atoms with Gasteiger partial charge in [-0.3, -0.25) is 0 Å². The summed E-state index contributed by atoms with van der Waals surface area (Å²) in [6, 6.07) is 8.77. The van der Waals surface area contributed by atoms with Crippen molar-refractivity contribution in [3.63, 3.8) is 0 Å². The molecule has 0 bridgehead atoms. The fraction of sp³-hybridized carbons (Fsp3) is 0.286. The van der Waals surface area contributed by atoms with Gasteiger partial charge in [-0.2, -0.15) is 0 Å². The van der Waals surface area contributed by atoms with Crippen LogP contribution < -0.4 is 10.1 Å². The molecule has 158 valence electrons. The second-order valence-electron chi connectivity index (χ2n) is 6.68. The molecule has 30 heavy (non-hydrogen) atoms. The second kappa shape index (κ2) is 8.56. The number of anilines is 2. The van der Waals surface area contributed by atoms with E-state index < -0.39 is 12.3 Å². The number of carbonyl (C=O) groups excluding carboxylic acids is 1. The lowest BCUT2D eigenvalue weighted by Crippen LogP contribution is -2.17. The molecule has 3 aromatic rings. The van der Waals surface area contributed by atoms with E-state index in [4.69, 9.17) is 4.74 Å². The molecule has 6 nitrogen and oxygen atoms in total. The fourth-order valence-electron chi connectivity index (χ4n) is 2.68. The summed E-state index contributed by atoms with van der Waals surface area (Å²) in [7, 11) is 0. The van der Waals surface area contributed by atoms with Crippen LogP contribution >= 0.6 is 0 Å². The minimum absolute atomic E-state index is 0.00480. The van der Waals surface area contributed by atoms with Crippen molar-refractivity contribution in [2.24, 2.45) is 0 Å². The van der Waals surface area contributed by atoms with Crippen LogP contribution in [0.2, 0.25) is 0 Å². The number of hydrogen-bond acceptors (Lipinski definition) is 6. The van der Waals surface area contributed by atoms with Gasteiger partial charge in [0.1, 0.15) is 5.75 Å². The number of benzene rings is 2. The number of fused-ring (bicyclic) bond motifs is 1. The molecule has 1 N–H and O–H groups in total. The summed E-state index contributed by atoms with van der Waals surface area (Å²) in [6.45, 7) is 5.97. The molecule has 0 saturated carbocycles. The molecule has 0 fully saturated rings. The molecule has 0 aliphatic rings. The average molecular weight is 419 g/mol. The lowest BCUT2D eigenvalue weighted by molar-refractivity contribution is -0.274. The monoisotopic (exact) mass is 419 g/mol. The predicted molar refractivity (Wildman–Crippen MR) is 106 cm³/mol. The first-order valence-electron chi connectivity index (χ1n) is 9.25. The largest absolute Gasteiger partial charge is 0.573 e. The Balaban J connectivity index is 1.97. The third-order valence-corrected chi connectivity index (χ3v) is 4.26. The first-order valence-corrected chi connectivity index (χ1v) is 9.25. The Labute approximate surface area is 171 Å². The quantitative estimate of drug-likeness (QED) is 0.535. The van der Waals surface area contributed by atoms with E-state index in [9.17, 15) is 18.0 Å². The number of aryl methyl sites for hydroxylation is 2. The molecule has 0 radical (unpaired) electrons. The van der Waals surface area contributed by atoms with Crippen LogP contribution in [-0.2, 0) is 4.74 Å². The van der Waals surface area contributed by atoms with Crippen molar-refractivity contribution in [2.45, 2.75) is 33.6 Å². The summed E-state index contributed by atoms with van der Waals surface area (Å²) in [5, 5.41) is 2.93. The van der Waals surface area contributed by atoms with E-state index in [1.165, 1.54) is 12.1 Å². The normalized spacial score (nSPS) is 11.4. The van der Waals surface area contributed by atoms with Crippen LogP contribution in [0.1, 0.15) is 35.0 Å². The third kappa shape index (κ3) is 5.16. The van der Waals surface area contributed by atoms with E-state index in [1.54, 1.807) is 0 Å². The first kappa shape index (κ1) is 21.4. The highest BCUT2D eigenvalue weighted by Crippen LogP contribution is 2.27. The average Bonchev–Trinajstić information content (AvgIpc) is 2.67. The van der Waals surface area contributed by atoms with Gasteiger partial charge in [0.2, 0.25) is 0 Å². The Morgan fingerprint density at radius 1 is 1.03 bits per heavy atom. The predicted octanol–water partition coefficient (Wildman–Crippen LogP) is 5.46. The van der Waals surface area contributed by atoms with Crippen LogP contribution in [0.4, 0.5) is 24.7 Å². The minimum atomic E-state index is -4.77. The lowest BCUT2D eigenvalue weighted by Gasteiger charge is -2.13. The first-order chi connectivity index (χ1) is 14.2. The zero-order valence-electron chi connectivity index (χ0n) is 16.6. The number of rotatable bonds is 6. The van der Waals surface area contributed by atoms with E-state index >= 15 is 0 Å². The molecule has 0 aliphatic carbocycles. The molecular formula is C21H20F3N3O3. The fourth-order valence-corrected chi connectivity index (χ4v) is 2.68. The minimum Gasteiger partial charge on any atom is -0.461 e. The molecule has 0 atom stereocenters. The number of nitrogens with one attached hydrogen (secondary N) is 1. The number of ether oxygens (including phenoxy) is 2. The van der Waals surface area contributed by atoms with Gasteiger partial charge in [-0.05, 0) is 67.8 Å². The summed E-state index contributed by atoms with van der Waals surface area (Å²) in [5.41, 5.74) is 3.54. The topological polar surface area (TPSA) is 73.3 Å². The molecule has 1 aromatic heterocycles. The Hall–Kier alpha value is -3.36. The van der Waals surface area contributed by atoms with Gasteiger partial charge in [0.05, 0.1) is 17.6 Å². The highest BCUT2D eigenvalue weighted by atomic mass is 19.4. The summed E-state index contributed by atoms with van der Waals surface area (Å²) in [6.07, 6.45) is -4.13. The highest BCUT2D eigenvalue weighted by molar-refractivity contribution is 5.96. The Morgan fingerprint density at radius 2 is 1.63 bits per heavy atom. The number of hydrogen-bond donors (Lipinski definition) is 1. The van der Waals surface area contributed by atoms with E-state index in [1.807, 2.05) is 32.9 Å². The van der Waals surface area contributed by atoms with Crippen LogP contribution in [0.3, 0.4) is 0 Å². The third-order valence-electron chi connectivity index (χ3n) is 4.26. The van der Waals surface area contributed by atoms with Gasteiger partial charge in [-0.25, -0.2) is 14.8 Å². The summed E-state index contributed by atoms with van der Waals surface area (Å²) >= 11 is 0. The molecule has 1 heterocycles. The molecule has 2 aromatic carbocycles. The maximum atomic E-state index is 12.5. The van der Waals surface area contributed by atoms with Crippen LogP contribution in [-0.4, -0.2) is 28.9 Å². The van der Waals surface area contributed by atoms with Gasteiger partial charge in [-0.1, -0.05) is 6.92 Å². The SMILES string of the molecule is CCCOC(=O)c1nc2cc(C)c(C)cc2nc1Nc1ccc(OC(F)(F)F)cc1. The van der Waals surface area contributed by atoms with E-state index in [2.05, 4.69) is 20.0 Å². The number of esters is 1. The summed E-state index contributed by atoms with van der Waals surface area (Å²) in [4.78, 5) is 21.4. The van der Waals surface area contributed by atoms with Crippen molar-refractivity contribution < 1.29 is 27.4 Å². The van der Waals surface area contributed by atoms with E-state index in [0.29, 0.717) is 23.1 Å². The van der Waals surface area contributed by atoms with Crippen LogP contribution in [0.5, 0.6) is 5.75 Å². The van der Waals surface area contributed by atoms with Gasteiger partial charge in [0.25, 0.3) is 0 Å². The van der Waals surface area contributed by atoms with E-state index in [0.717, 1.165) is 23.3 Å². The maximum Gasteiger partial charge on any atom is 0.573 e. The highest BCUT2D eigenvalue weighted by Gasteiger charge is 2.31. The van der Waals surface area contributed by atoms with Crippen molar-refractivity contribution in [2.75, 3.05) is 11.9 Å². The molecular weight excluding hydrogens is 399 g/mol. The van der Waals surface area contributed by atoms with Crippen molar-refractivity contribution in [1.29, 1.82) is 0 Å². The molecule has 0 spiro atoms. The number of halogens is 3. The lowest BCUT2D eigenvalue weighted by atomic mass is 10.1. The Kier molecular flexibility index (Phi) is 6.09. The number of nitrogens with zero attached hydrogens (tertiary/aromatic N) is 2. The zero-order valence-corrected chi connectivity index (χ0v) is 16.6. The zero-order chi connectivity index (χ0) is 21.9. The maximum absolute atomic E-state index is 12.5. The van der Waals surface area contributed by atoms with Crippen LogP contribution in [0.25, 0.3) is 11.0 Å². The van der Waals surface area contributed by atoms with Crippen molar-refractivity contribution in [1.82, 2.24) is 9.97 Å². The second-order valence-corrected chi connectivity index (χ2v) is 6.68. The summed E-state index contributed by atoms with van der Waals surface area (Å²) in [5.74, 6) is -0.841. The van der Waals surface area contributed by atoms with Gasteiger partial charge in [0, 0.05) is 5.69 Å². The summed E-state index contributed by atoms with van der Waals surface area (Å²) < 4.78 is 46.1. The number of carbonyl (C=O) groups is 1. The number of aromatic nitrogens is 2. The van der Waals surface area contributed by atoms with Gasteiger partial charge in [-0.15, -0.1) is 13.2 Å². The standard InChI is InChI=1S/C21H20F3N3O3/c1-4-9-29-20(28)18-19(27-17-11-13(3)12(2)10-16(17)26-18)25-14-5-7-15(8-6-14)30-21(22,23)24/h5-8,10-11H,4,9H2,1-3H3,(H,25,27). The molecule has 3 rings (SSSR count). The smallest absolute Gasteiger partial charge is 0.461 e. The van der Waals surface area contributed by atoms with Crippen molar-refractivity contribution >= 4 is 28.5 Å². The van der Waals surface area contributed by atoms with Crippen LogP contribution in [0.15, 0.2) is 36.4 Å². The van der Waals surface area contributed by atoms with Gasteiger partial charge in [0.15, 0.2) is 11.5 Å². The number of alkyl halides is 3. The van der Waals surface area contributed by atoms with E-state index in [-0.39, 0.29) is 23.9 Å². The molecule has 0 unspecified atom stereocenters. The molecule has 0 aliphatic heterocycles. The Morgan fingerprint density at radius 3 is 2.20 bits per heavy atom.